The van der Waals surface area contributed by atoms with Gasteiger partial charge in [0.05, 0.1) is 0 Å². The van der Waals surface area contributed by atoms with E-state index in [-0.39, 0.29) is 0 Å². The van der Waals surface area contributed by atoms with Crippen molar-refractivity contribution in [2.75, 3.05) is 0 Å². The van der Waals surface area contributed by atoms with Crippen LogP contribution in [0.25, 0.3) is 219 Å². The maximum Gasteiger partial charge on any atom is -0.000116 e. The first-order valence-electron chi connectivity index (χ1n) is 32.2. The lowest BCUT2D eigenvalue weighted by atomic mass is 9.75. The van der Waals surface area contributed by atoms with Crippen LogP contribution in [0.5, 0.6) is 0 Å². The predicted octanol–water partition coefficient (Wildman–Crippen LogP) is 26.0. The third kappa shape index (κ3) is 6.64. The summed E-state index contributed by atoms with van der Waals surface area (Å²) in [5.74, 6) is 0. The fourth-order valence-electron chi connectivity index (χ4n) is 17.4. The van der Waals surface area contributed by atoms with Gasteiger partial charge in [-0.25, -0.2) is 0 Å². The van der Waals surface area contributed by atoms with E-state index in [2.05, 4.69) is 315 Å². The molecule has 1 aliphatic carbocycles. The van der Waals surface area contributed by atoms with E-state index in [0.717, 1.165) is 0 Å². The Kier molecular flexibility index (Phi) is 10.2. The minimum absolute atomic E-state index is 1.19. The van der Waals surface area contributed by atoms with E-state index >= 15 is 0 Å². The molecule has 0 unspecified atom stereocenters. The van der Waals surface area contributed by atoms with Crippen LogP contribution in [0.15, 0.2) is 315 Å². The summed E-state index contributed by atoms with van der Waals surface area (Å²) < 4.78 is 0. The first kappa shape index (κ1) is 50.0. The molecule has 0 aromatic heterocycles. The molecule has 0 saturated heterocycles. The third-order valence-electron chi connectivity index (χ3n) is 21.0. The number of rotatable bonds is 7. The van der Waals surface area contributed by atoms with E-state index in [1.165, 1.54) is 219 Å². The molecule has 0 heteroatoms. The SMILES string of the molecule is c1ccc(-c2ccc(-c3c4ccccc4c(-c4ccc(-c5ccccc5)cc4)c4c(-c5ccccc5)c5c(c(-c6ccccc6)c34)-c3ccc4c6ccc7c8c(-c9ccccc9)c9cccc%10c%11ccccc%11c(c9%10)c8c8ccc(c9ccc-5c3c49)c6c78)cc2)cc1. The smallest absolute Gasteiger partial charge is 0.000116 e. The molecule has 0 aliphatic heterocycles. The van der Waals surface area contributed by atoms with Gasteiger partial charge in [-0.1, -0.05) is 315 Å². The summed E-state index contributed by atoms with van der Waals surface area (Å²) in [5, 5.41) is 28.9. The number of hydrogen-bond acceptors (Lipinski definition) is 0. The molecule has 0 saturated carbocycles. The van der Waals surface area contributed by atoms with Crippen LogP contribution in [-0.4, -0.2) is 0 Å². The second-order valence-electron chi connectivity index (χ2n) is 25.4. The summed E-state index contributed by atoms with van der Waals surface area (Å²) >= 11 is 0. The third-order valence-corrected chi connectivity index (χ3v) is 21.0. The zero-order valence-electron chi connectivity index (χ0n) is 50.0. The molecule has 20 aromatic carbocycles. The fraction of sp³-hybridized carbons (Fsp3) is 0. The van der Waals surface area contributed by atoms with Crippen molar-refractivity contribution in [3.63, 3.8) is 0 Å². The van der Waals surface area contributed by atoms with Crippen LogP contribution in [-0.2, 0) is 0 Å². The van der Waals surface area contributed by atoms with Crippen molar-refractivity contribution in [3.05, 3.63) is 315 Å². The summed E-state index contributed by atoms with van der Waals surface area (Å²) in [6.45, 7) is 0. The van der Waals surface area contributed by atoms with Crippen molar-refractivity contribution in [3.8, 4) is 100 Å². The van der Waals surface area contributed by atoms with E-state index in [1.807, 2.05) is 0 Å². The highest BCUT2D eigenvalue weighted by atomic mass is 14.4. The molecule has 1 aliphatic rings. The van der Waals surface area contributed by atoms with E-state index in [1.54, 1.807) is 0 Å². The highest BCUT2D eigenvalue weighted by molar-refractivity contribution is 6.51. The van der Waals surface area contributed by atoms with Crippen LogP contribution in [0.3, 0.4) is 0 Å². The molecule has 0 bridgehead atoms. The van der Waals surface area contributed by atoms with Crippen molar-refractivity contribution in [2.45, 2.75) is 0 Å². The summed E-state index contributed by atoms with van der Waals surface area (Å²) in [6.07, 6.45) is 0. The van der Waals surface area contributed by atoms with Gasteiger partial charge in [-0.2, -0.15) is 0 Å². The standard InChI is InChI=1S/C92H52/c1-6-21-53(22-7-1)55-37-41-60(42-38-55)76-65-33-18-19-34-66(65)77(61-43-39-56(40-44-61)54-23-8-2-9-24-54)92-80(59-29-14-5-15-30-59)89-74-51-47-69-70-48-52-75-84-72(49-45-67(81(70)84)68-46-50-73(85(74)82(68)69)88(89)79(91(76)92)58-27-12-4-13-28-58)87-78(57-25-10-3-11-26-57)71-36-20-35-63-62-31-16-17-32-64(62)86(83(63)71)90(75)87/h1-52H. The normalized spacial score (nSPS) is 12.3. The Bertz CT molecular complexity index is 6200. The average Bonchev–Trinajstić information content (AvgIpc) is 1.45. The van der Waals surface area contributed by atoms with Crippen molar-refractivity contribution >= 4 is 118 Å². The second kappa shape index (κ2) is 18.8. The minimum atomic E-state index is 1.19. The van der Waals surface area contributed by atoms with Crippen LogP contribution in [0.2, 0.25) is 0 Å². The first-order chi connectivity index (χ1) is 45.7. The maximum absolute atomic E-state index is 2.50. The molecule has 0 nitrogen and oxygen atoms in total. The second-order valence-corrected chi connectivity index (χ2v) is 25.4. The number of fused-ring (bicyclic) bond motifs is 14. The van der Waals surface area contributed by atoms with Gasteiger partial charge < -0.3 is 0 Å². The minimum Gasteiger partial charge on any atom is -0.0622 e. The quantitative estimate of drug-likeness (QED) is 0.110. The van der Waals surface area contributed by atoms with E-state index < -0.39 is 0 Å². The Hall–Kier alpha value is -12.0. The zero-order valence-corrected chi connectivity index (χ0v) is 50.0. The van der Waals surface area contributed by atoms with E-state index in [9.17, 15) is 0 Å². The molecule has 420 valence electrons. The van der Waals surface area contributed by atoms with Crippen molar-refractivity contribution < 1.29 is 0 Å². The summed E-state index contributed by atoms with van der Waals surface area (Å²) in [7, 11) is 0. The van der Waals surface area contributed by atoms with Crippen molar-refractivity contribution in [1.29, 1.82) is 0 Å². The molecule has 0 spiro atoms. The number of benzene rings is 18. The van der Waals surface area contributed by atoms with Gasteiger partial charge in [-0.05, 0) is 219 Å². The van der Waals surface area contributed by atoms with Crippen molar-refractivity contribution in [2.24, 2.45) is 0 Å². The predicted molar refractivity (Wildman–Crippen MR) is 395 cm³/mol. The molecule has 0 radical (unpaired) electrons. The van der Waals surface area contributed by atoms with Crippen LogP contribution in [0.4, 0.5) is 0 Å². The topological polar surface area (TPSA) is 0 Å². The number of hydrogen-bond donors (Lipinski definition) is 0. The van der Waals surface area contributed by atoms with Crippen LogP contribution < -0.4 is 0 Å². The highest BCUT2D eigenvalue weighted by Crippen LogP contribution is 2.64. The molecular formula is C92H52. The monoisotopic (exact) mass is 1160 g/mol. The Balaban J connectivity index is 0.921. The van der Waals surface area contributed by atoms with Gasteiger partial charge >= 0.3 is 0 Å². The molecule has 0 heterocycles. The maximum atomic E-state index is 2.50. The lowest BCUT2D eigenvalue weighted by Crippen LogP contribution is -1.99. The zero-order chi connectivity index (χ0) is 59.9. The Morgan fingerprint density at radius 1 is 0.0978 bits per heavy atom. The summed E-state index contributed by atoms with van der Waals surface area (Å²) in [5.41, 5.74) is 22.3. The Labute approximate surface area is 530 Å². The summed E-state index contributed by atoms with van der Waals surface area (Å²) in [4.78, 5) is 0. The van der Waals surface area contributed by atoms with E-state index in [0.29, 0.717) is 0 Å². The molecule has 0 fully saturated rings. The van der Waals surface area contributed by atoms with Gasteiger partial charge in [0.15, 0.2) is 0 Å². The van der Waals surface area contributed by atoms with E-state index in [4.69, 9.17) is 0 Å². The highest BCUT2D eigenvalue weighted by Gasteiger charge is 2.36. The largest absolute Gasteiger partial charge is 0.0622 e. The molecular weight excluding hydrogens is 1110 g/mol. The Morgan fingerprint density at radius 2 is 0.359 bits per heavy atom. The molecule has 92 heavy (non-hydrogen) atoms. The molecule has 0 amide bonds. The van der Waals surface area contributed by atoms with Gasteiger partial charge in [0.1, 0.15) is 0 Å². The van der Waals surface area contributed by atoms with Gasteiger partial charge in [-0.3, -0.25) is 0 Å². The van der Waals surface area contributed by atoms with Gasteiger partial charge in [-0.15, -0.1) is 0 Å². The Morgan fingerprint density at radius 3 is 0.837 bits per heavy atom. The van der Waals surface area contributed by atoms with Crippen molar-refractivity contribution in [1.82, 2.24) is 0 Å². The average molecular weight is 1160 g/mol. The van der Waals surface area contributed by atoms with Crippen LogP contribution in [0.1, 0.15) is 0 Å². The lowest BCUT2D eigenvalue weighted by molar-refractivity contribution is 1.59. The molecule has 0 N–H and O–H groups in total. The van der Waals surface area contributed by atoms with Gasteiger partial charge in [0, 0.05) is 0 Å². The van der Waals surface area contributed by atoms with Crippen LogP contribution in [0, 0.1) is 0 Å². The van der Waals surface area contributed by atoms with Gasteiger partial charge in [0.2, 0.25) is 0 Å². The van der Waals surface area contributed by atoms with Gasteiger partial charge in [0.25, 0.3) is 0 Å². The molecule has 20 aromatic rings. The molecule has 0 atom stereocenters. The summed E-state index contributed by atoms with van der Waals surface area (Å²) in [6, 6.07) is 119. The fourth-order valence-corrected chi connectivity index (χ4v) is 17.4. The molecule has 21 rings (SSSR count). The first-order valence-corrected chi connectivity index (χ1v) is 32.2. The lowest BCUT2D eigenvalue weighted by Gasteiger charge is -2.27. The van der Waals surface area contributed by atoms with Crippen LogP contribution >= 0.6 is 0 Å².